The fourth-order valence-electron chi connectivity index (χ4n) is 5.09. The molecule has 1 unspecified atom stereocenters. The Kier molecular flexibility index (Phi) is 8.42. The standard InChI is InChI=1S/C30H26ClF3N2O3S/c1-39-27-15-18(6-11-23(27)31)21-3-2-4-26-29(21)36(20-9-7-19(32)8-10-20)30(35-26)40-16-22-24(33)13-17(14-25(22)34)5-12-28(37)38/h6-11,13-15,21H,2-5,12,16H2,1H3,(H,37,38). The van der Waals surface area contributed by atoms with E-state index in [2.05, 4.69) is 0 Å². The molecule has 1 heterocycles. The van der Waals surface area contributed by atoms with E-state index >= 15 is 0 Å². The van der Waals surface area contributed by atoms with Gasteiger partial charge in [0.05, 0.1) is 23.5 Å². The fraction of sp³-hybridized carbons (Fsp3) is 0.267. The molecule has 10 heteroatoms. The van der Waals surface area contributed by atoms with Crippen molar-refractivity contribution in [2.75, 3.05) is 7.11 Å². The maximum absolute atomic E-state index is 14.9. The lowest BCUT2D eigenvalue weighted by molar-refractivity contribution is -0.136. The maximum atomic E-state index is 14.9. The van der Waals surface area contributed by atoms with Gasteiger partial charge in [0.25, 0.3) is 0 Å². The molecule has 1 aliphatic rings. The number of carboxylic acids is 1. The number of thioether (sulfide) groups is 1. The average molecular weight is 587 g/mol. The maximum Gasteiger partial charge on any atom is 0.303 e. The molecule has 208 valence electrons. The van der Waals surface area contributed by atoms with Gasteiger partial charge in [-0.05, 0) is 85.3 Å². The Labute approximate surface area is 239 Å². The Bertz CT molecular complexity index is 1540. The molecule has 0 radical (unpaired) electrons. The van der Waals surface area contributed by atoms with E-state index in [0.29, 0.717) is 21.6 Å². The van der Waals surface area contributed by atoms with Crippen molar-refractivity contribution in [3.8, 4) is 11.4 Å². The van der Waals surface area contributed by atoms with Crippen molar-refractivity contribution in [2.45, 2.75) is 48.9 Å². The predicted molar refractivity (Wildman–Crippen MR) is 148 cm³/mol. The summed E-state index contributed by atoms with van der Waals surface area (Å²) < 4.78 is 51.1. The van der Waals surface area contributed by atoms with Crippen LogP contribution in [0, 0.1) is 17.5 Å². The third kappa shape index (κ3) is 5.86. The fourth-order valence-corrected chi connectivity index (χ4v) is 6.34. The molecule has 0 amide bonds. The first-order valence-corrected chi connectivity index (χ1v) is 14.1. The van der Waals surface area contributed by atoms with E-state index in [4.69, 9.17) is 26.4 Å². The highest BCUT2D eigenvalue weighted by Gasteiger charge is 2.31. The highest BCUT2D eigenvalue weighted by atomic mass is 35.5. The van der Waals surface area contributed by atoms with Crippen LogP contribution in [0.1, 0.15) is 53.3 Å². The van der Waals surface area contributed by atoms with Gasteiger partial charge in [-0.25, -0.2) is 18.2 Å². The average Bonchev–Trinajstić information content (AvgIpc) is 3.30. The SMILES string of the molecule is COc1cc(C2CCCc3nc(SCc4c(F)cc(CCC(=O)O)cc4F)n(-c4ccc(F)cc4)c32)ccc1Cl. The van der Waals surface area contributed by atoms with Gasteiger partial charge in [-0.2, -0.15) is 0 Å². The third-order valence-corrected chi connectivity index (χ3v) is 8.31. The van der Waals surface area contributed by atoms with Crippen LogP contribution in [0.25, 0.3) is 5.69 Å². The van der Waals surface area contributed by atoms with Gasteiger partial charge in [0.2, 0.25) is 0 Å². The van der Waals surface area contributed by atoms with Crippen molar-refractivity contribution < 1.29 is 27.8 Å². The summed E-state index contributed by atoms with van der Waals surface area (Å²) >= 11 is 7.47. The number of nitrogens with zero attached hydrogens (tertiary/aromatic N) is 2. The molecular formula is C30H26ClF3N2O3S. The van der Waals surface area contributed by atoms with Crippen molar-refractivity contribution in [1.29, 1.82) is 0 Å². The molecule has 4 aromatic rings. The molecular weight excluding hydrogens is 561 g/mol. The molecule has 3 aromatic carbocycles. The number of carboxylic acid groups (broad SMARTS) is 1. The van der Waals surface area contributed by atoms with E-state index in [0.717, 1.165) is 36.2 Å². The Balaban J connectivity index is 1.53. The number of aromatic nitrogens is 2. The minimum Gasteiger partial charge on any atom is -0.495 e. The summed E-state index contributed by atoms with van der Waals surface area (Å²) in [7, 11) is 1.56. The second kappa shape index (κ2) is 12.0. The van der Waals surface area contributed by atoms with Crippen molar-refractivity contribution >= 4 is 29.3 Å². The molecule has 0 bridgehead atoms. The zero-order valence-corrected chi connectivity index (χ0v) is 23.2. The lowest BCUT2D eigenvalue weighted by Gasteiger charge is -2.26. The van der Waals surface area contributed by atoms with Crippen LogP contribution < -0.4 is 4.74 Å². The van der Waals surface area contributed by atoms with Gasteiger partial charge in [0.15, 0.2) is 5.16 Å². The minimum atomic E-state index is -1.03. The quantitative estimate of drug-likeness (QED) is 0.203. The molecule has 5 nitrogen and oxygen atoms in total. The number of halogens is 4. The highest BCUT2D eigenvalue weighted by Crippen LogP contribution is 2.42. The monoisotopic (exact) mass is 586 g/mol. The normalized spacial score (nSPS) is 14.7. The Morgan fingerprint density at radius 2 is 1.85 bits per heavy atom. The molecule has 1 aliphatic carbocycles. The number of hydrogen-bond acceptors (Lipinski definition) is 4. The first kappa shape index (κ1) is 28.1. The van der Waals surface area contributed by atoms with E-state index in [9.17, 15) is 18.0 Å². The van der Waals surface area contributed by atoms with Crippen LogP contribution in [0.4, 0.5) is 13.2 Å². The zero-order chi connectivity index (χ0) is 28.4. The van der Waals surface area contributed by atoms with Crippen LogP contribution in [-0.4, -0.2) is 27.7 Å². The number of ether oxygens (including phenoxy) is 1. The molecule has 0 saturated heterocycles. The number of aryl methyl sites for hydroxylation is 2. The number of aliphatic carboxylic acids is 1. The summed E-state index contributed by atoms with van der Waals surface area (Å²) in [6.45, 7) is 0. The van der Waals surface area contributed by atoms with Crippen LogP contribution in [0.15, 0.2) is 59.8 Å². The number of carbonyl (C=O) groups is 1. The molecule has 1 aromatic heterocycles. The smallest absolute Gasteiger partial charge is 0.303 e. The Hall–Kier alpha value is -3.43. The van der Waals surface area contributed by atoms with Gasteiger partial charge < -0.3 is 9.84 Å². The predicted octanol–water partition coefficient (Wildman–Crippen LogP) is 7.73. The number of hydrogen-bond donors (Lipinski definition) is 1. The largest absolute Gasteiger partial charge is 0.495 e. The van der Waals surface area contributed by atoms with Gasteiger partial charge in [-0.15, -0.1) is 0 Å². The van der Waals surface area contributed by atoms with Crippen molar-refractivity contribution in [2.24, 2.45) is 0 Å². The molecule has 0 aliphatic heterocycles. The van der Waals surface area contributed by atoms with Crippen LogP contribution in [0.3, 0.4) is 0 Å². The van der Waals surface area contributed by atoms with Crippen molar-refractivity contribution in [3.63, 3.8) is 0 Å². The molecule has 1 atom stereocenters. The Morgan fingerprint density at radius 1 is 1.12 bits per heavy atom. The van der Waals surface area contributed by atoms with E-state index in [1.807, 2.05) is 16.7 Å². The second-order valence-electron chi connectivity index (χ2n) is 9.60. The van der Waals surface area contributed by atoms with E-state index in [1.165, 1.54) is 36.0 Å². The summed E-state index contributed by atoms with van der Waals surface area (Å²) in [6, 6.07) is 14.1. The Morgan fingerprint density at radius 3 is 2.52 bits per heavy atom. The molecule has 40 heavy (non-hydrogen) atoms. The second-order valence-corrected chi connectivity index (χ2v) is 10.9. The van der Waals surface area contributed by atoms with Gasteiger partial charge in [-0.3, -0.25) is 9.36 Å². The lowest BCUT2D eigenvalue weighted by atomic mass is 9.84. The molecule has 1 N–H and O–H groups in total. The third-order valence-electron chi connectivity index (χ3n) is 7.03. The summed E-state index contributed by atoms with van der Waals surface area (Å²) in [4.78, 5) is 15.7. The van der Waals surface area contributed by atoms with E-state index in [-0.39, 0.29) is 41.5 Å². The van der Waals surface area contributed by atoms with Gasteiger partial charge in [0, 0.05) is 29.3 Å². The molecule has 5 rings (SSSR count). The summed E-state index contributed by atoms with van der Waals surface area (Å²) in [5.74, 6) is -2.40. The molecule has 0 spiro atoms. The zero-order valence-electron chi connectivity index (χ0n) is 21.6. The molecule has 0 fully saturated rings. The molecule has 0 saturated carbocycles. The van der Waals surface area contributed by atoms with Crippen LogP contribution in [0.2, 0.25) is 5.02 Å². The number of rotatable bonds is 9. The van der Waals surface area contributed by atoms with E-state index < -0.39 is 17.6 Å². The summed E-state index contributed by atoms with van der Waals surface area (Å²) in [6.07, 6.45) is 2.30. The van der Waals surface area contributed by atoms with Crippen LogP contribution in [-0.2, 0) is 23.4 Å². The highest BCUT2D eigenvalue weighted by molar-refractivity contribution is 7.98. The lowest BCUT2D eigenvalue weighted by Crippen LogP contribution is -2.15. The number of fused-ring (bicyclic) bond motifs is 1. The van der Waals surface area contributed by atoms with Crippen molar-refractivity contribution in [3.05, 3.63) is 105 Å². The van der Waals surface area contributed by atoms with Crippen LogP contribution in [0.5, 0.6) is 5.75 Å². The van der Waals surface area contributed by atoms with Gasteiger partial charge in [-0.1, -0.05) is 29.4 Å². The number of benzene rings is 3. The minimum absolute atomic E-state index is 0.0343. The first-order chi connectivity index (χ1) is 19.2. The van der Waals surface area contributed by atoms with Crippen molar-refractivity contribution in [1.82, 2.24) is 9.55 Å². The first-order valence-electron chi connectivity index (χ1n) is 12.8. The van der Waals surface area contributed by atoms with Gasteiger partial charge in [0.1, 0.15) is 23.2 Å². The van der Waals surface area contributed by atoms with Gasteiger partial charge >= 0.3 is 5.97 Å². The summed E-state index contributed by atoms with van der Waals surface area (Å²) in [5, 5.41) is 9.92. The topological polar surface area (TPSA) is 64.3 Å². The van der Waals surface area contributed by atoms with Crippen LogP contribution >= 0.6 is 23.4 Å². The number of imidazole rings is 1. The number of methoxy groups -OCH3 is 1. The van der Waals surface area contributed by atoms with E-state index in [1.54, 1.807) is 25.3 Å². The summed E-state index contributed by atoms with van der Waals surface area (Å²) in [5.41, 5.74) is 3.67.